The first-order valence-corrected chi connectivity index (χ1v) is 8.32. The zero-order valence-corrected chi connectivity index (χ0v) is 14.0. The summed E-state index contributed by atoms with van der Waals surface area (Å²) in [5.41, 5.74) is -0.382. The van der Waals surface area contributed by atoms with Crippen LogP contribution in [0.25, 0.3) is 0 Å². The summed E-state index contributed by atoms with van der Waals surface area (Å²) in [5.74, 6) is -0.0681. The topological polar surface area (TPSA) is 91.5 Å². The average Bonchev–Trinajstić information content (AvgIpc) is 3.10. The molecule has 2 aromatic rings. The summed E-state index contributed by atoms with van der Waals surface area (Å²) in [6.07, 6.45) is 3.13. The second-order valence-corrected chi connectivity index (χ2v) is 6.30. The second kappa shape index (κ2) is 7.18. The summed E-state index contributed by atoms with van der Waals surface area (Å²) in [6, 6.07) is 4.52. The van der Waals surface area contributed by atoms with E-state index in [0.29, 0.717) is 30.9 Å². The summed E-state index contributed by atoms with van der Waals surface area (Å²) in [7, 11) is 0. The van der Waals surface area contributed by atoms with Gasteiger partial charge in [0.05, 0.1) is 17.5 Å². The first-order chi connectivity index (χ1) is 12.0. The fraction of sp³-hybridized carbons (Fsp3) is 0.471. The van der Waals surface area contributed by atoms with E-state index in [2.05, 4.69) is 15.5 Å². The molecule has 3 rings (SSSR count). The number of β-amino-alcohol motifs (C(OH)–C–C–N with tert-alkyl or cyclic N) is 1. The zero-order valence-electron chi connectivity index (χ0n) is 14.0. The zero-order chi connectivity index (χ0) is 17.9. The Hall–Kier alpha value is -2.48. The van der Waals surface area contributed by atoms with E-state index >= 15 is 0 Å². The normalized spacial score (nSPS) is 20.5. The summed E-state index contributed by atoms with van der Waals surface area (Å²) < 4.78 is 18.0. The van der Waals surface area contributed by atoms with E-state index in [1.54, 1.807) is 12.1 Å². The van der Waals surface area contributed by atoms with Crippen LogP contribution in [0.1, 0.15) is 36.0 Å². The van der Waals surface area contributed by atoms with Crippen LogP contribution >= 0.6 is 0 Å². The largest absolute Gasteiger partial charge is 0.386 e. The van der Waals surface area contributed by atoms with Crippen LogP contribution in [0.4, 0.5) is 10.2 Å². The van der Waals surface area contributed by atoms with Gasteiger partial charge in [-0.3, -0.25) is 4.79 Å². The van der Waals surface area contributed by atoms with Crippen molar-refractivity contribution in [3.05, 3.63) is 41.7 Å². The number of aryl methyl sites for hydroxylation is 1. The van der Waals surface area contributed by atoms with Crippen molar-refractivity contribution in [1.82, 2.24) is 15.5 Å². The third-order valence-corrected chi connectivity index (χ3v) is 4.31. The van der Waals surface area contributed by atoms with Crippen molar-refractivity contribution in [3.8, 4) is 0 Å². The predicted molar refractivity (Wildman–Crippen MR) is 88.8 cm³/mol. The lowest BCUT2D eigenvalue weighted by molar-refractivity contribution is 0.0250. The van der Waals surface area contributed by atoms with Gasteiger partial charge in [0.15, 0.2) is 0 Å². The van der Waals surface area contributed by atoms with Crippen LogP contribution in [0.5, 0.6) is 0 Å². The summed E-state index contributed by atoms with van der Waals surface area (Å²) in [5, 5.41) is 17.3. The van der Waals surface area contributed by atoms with Crippen LogP contribution in [0.15, 0.2) is 28.9 Å². The number of hydrogen-bond donors (Lipinski definition) is 2. The number of amides is 1. The molecular weight excluding hydrogens is 327 g/mol. The van der Waals surface area contributed by atoms with E-state index in [1.807, 2.05) is 11.8 Å². The molecule has 0 bridgehead atoms. The maximum Gasteiger partial charge on any atom is 0.290 e. The summed E-state index contributed by atoms with van der Waals surface area (Å²) in [4.78, 5) is 18.1. The molecule has 1 atom stereocenters. The Morgan fingerprint density at radius 3 is 3.04 bits per heavy atom. The molecule has 0 aromatic carbocycles. The third-order valence-electron chi connectivity index (χ3n) is 4.31. The number of nitrogens with zero attached hydrogens (tertiary/aromatic N) is 3. The highest BCUT2D eigenvalue weighted by molar-refractivity contribution is 5.91. The van der Waals surface area contributed by atoms with Crippen LogP contribution in [0.3, 0.4) is 0 Å². The fourth-order valence-electron chi connectivity index (χ4n) is 2.92. The van der Waals surface area contributed by atoms with Gasteiger partial charge in [0.25, 0.3) is 5.91 Å². The quantitative estimate of drug-likeness (QED) is 0.851. The van der Waals surface area contributed by atoms with Crippen molar-refractivity contribution in [3.63, 3.8) is 0 Å². The Kier molecular flexibility index (Phi) is 4.98. The van der Waals surface area contributed by atoms with E-state index < -0.39 is 17.3 Å². The molecule has 0 saturated carbocycles. The maximum atomic E-state index is 13.0. The smallest absolute Gasteiger partial charge is 0.290 e. The number of aliphatic hydroxyl groups is 1. The Labute approximate surface area is 144 Å². The number of aromatic nitrogens is 2. The minimum atomic E-state index is -1.09. The molecule has 1 amide bonds. The first-order valence-electron chi connectivity index (χ1n) is 8.32. The van der Waals surface area contributed by atoms with Gasteiger partial charge in [-0.1, -0.05) is 12.1 Å². The number of carbonyl (C=O) groups excluding carboxylic acids is 1. The van der Waals surface area contributed by atoms with Crippen LogP contribution in [0, 0.1) is 5.82 Å². The van der Waals surface area contributed by atoms with E-state index in [9.17, 15) is 14.3 Å². The molecule has 0 radical (unpaired) electrons. The Morgan fingerprint density at radius 1 is 1.52 bits per heavy atom. The molecule has 7 nitrogen and oxygen atoms in total. The lowest BCUT2D eigenvalue weighted by Gasteiger charge is -2.39. The van der Waals surface area contributed by atoms with Gasteiger partial charge in [-0.05, 0) is 31.4 Å². The van der Waals surface area contributed by atoms with Crippen LogP contribution in [-0.4, -0.2) is 46.4 Å². The number of carbonyl (C=O) groups is 1. The number of anilines is 1. The molecule has 1 fully saturated rings. The minimum Gasteiger partial charge on any atom is -0.386 e. The highest BCUT2D eigenvalue weighted by atomic mass is 19.1. The molecule has 3 heterocycles. The number of hydrogen-bond acceptors (Lipinski definition) is 6. The average molecular weight is 348 g/mol. The lowest BCUT2D eigenvalue weighted by Crippen LogP contribution is -2.54. The van der Waals surface area contributed by atoms with Crippen LogP contribution < -0.4 is 10.2 Å². The summed E-state index contributed by atoms with van der Waals surface area (Å²) in [6.45, 7) is 3.04. The number of nitrogens with one attached hydrogen (secondary N) is 1. The highest BCUT2D eigenvalue weighted by Crippen LogP contribution is 2.24. The predicted octanol–water partition coefficient (Wildman–Crippen LogP) is 1.53. The van der Waals surface area contributed by atoms with E-state index in [4.69, 9.17) is 4.52 Å². The highest BCUT2D eigenvalue weighted by Gasteiger charge is 2.34. The van der Waals surface area contributed by atoms with Gasteiger partial charge in [0.2, 0.25) is 5.76 Å². The van der Waals surface area contributed by atoms with Crippen molar-refractivity contribution < 1.29 is 18.8 Å². The first kappa shape index (κ1) is 17.3. The monoisotopic (exact) mass is 348 g/mol. The minimum absolute atomic E-state index is 0.0890. The Bertz CT molecular complexity index is 734. The van der Waals surface area contributed by atoms with Gasteiger partial charge >= 0.3 is 0 Å². The van der Waals surface area contributed by atoms with Crippen molar-refractivity contribution in [2.45, 2.75) is 31.8 Å². The number of piperidine rings is 1. The molecule has 134 valence electrons. The van der Waals surface area contributed by atoms with Gasteiger partial charge in [-0.15, -0.1) is 0 Å². The Morgan fingerprint density at radius 2 is 2.36 bits per heavy atom. The molecule has 0 aliphatic carbocycles. The second-order valence-electron chi connectivity index (χ2n) is 6.30. The molecule has 0 spiro atoms. The van der Waals surface area contributed by atoms with Gasteiger partial charge in [0.1, 0.15) is 11.6 Å². The molecule has 2 N–H and O–H groups in total. The summed E-state index contributed by atoms with van der Waals surface area (Å²) >= 11 is 0. The fourth-order valence-corrected chi connectivity index (χ4v) is 2.92. The maximum absolute atomic E-state index is 13.0. The SMILES string of the molecule is CCc1cc(C(=O)NC[C@]2(O)CCCN(c3ccc(F)cn3)C2)on1. The molecule has 1 aliphatic heterocycles. The van der Waals surface area contributed by atoms with E-state index in [0.717, 1.165) is 19.2 Å². The Balaban J connectivity index is 1.60. The standard InChI is InChI=1S/C17H21FN4O3/c1-2-13-8-14(25-21-13)16(23)20-10-17(24)6-3-7-22(11-17)15-5-4-12(18)9-19-15/h4-5,8-9,24H,2-3,6-7,10-11H2,1H3,(H,20,23)/t17-/m1/s1. The van der Waals surface area contributed by atoms with Crippen LogP contribution in [0.2, 0.25) is 0 Å². The van der Waals surface area contributed by atoms with Gasteiger partial charge in [-0.2, -0.15) is 0 Å². The molecule has 2 aromatic heterocycles. The van der Waals surface area contributed by atoms with Gasteiger partial charge in [0, 0.05) is 25.7 Å². The van der Waals surface area contributed by atoms with Gasteiger partial charge < -0.3 is 19.8 Å². The third kappa shape index (κ3) is 4.14. The molecule has 1 saturated heterocycles. The van der Waals surface area contributed by atoms with Crippen molar-refractivity contribution in [2.75, 3.05) is 24.5 Å². The van der Waals surface area contributed by atoms with Crippen LogP contribution in [-0.2, 0) is 6.42 Å². The molecule has 1 aliphatic rings. The van der Waals surface area contributed by atoms with E-state index in [-0.39, 0.29) is 12.3 Å². The number of pyridine rings is 1. The molecule has 25 heavy (non-hydrogen) atoms. The molecular formula is C17H21FN4O3. The molecule has 0 unspecified atom stereocenters. The van der Waals surface area contributed by atoms with Crippen molar-refractivity contribution >= 4 is 11.7 Å². The number of rotatable bonds is 5. The van der Waals surface area contributed by atoms with E-state index in [1.165, 1.54) is 6.07 Å². The molecule has 8 heteroatoms. The van der Waals surface area contributed by atoms with Crippen molar-refractivity contribution in [1.29, 1.82) is 0 Å². The van der Waals surface area contributed by atoms with Gasteiger partial charge in [-0.25, -0.2) is 9.37 Å². The lowest BCUT2D eigenvalue weighted by atomic mass is 9.92. The van der Waals surface area contributed by atoms with Crippen molar-refractivity contribution in [2.24, 2.45) is 0 Å². The number of halogens is 1.